The number of carbonyl (C=O) groups excluding carboxylic acids is 2. The van der Waals surface area contributed by atoms with Crippen LogP contribution in [0.5, 0.6) is 0 Å². The average molecular weight is 343 g/mol. The summed E-state index contributed by atoms with van der Waals surface area (Å²) in [5.74, 6) is 0.945. The number of hydrogen-bond acceptors (Lipinski definition) is 3. The average Bonchev–Trinajstić information content (AvgIpc) is 3.32. The van der Waals surface area contributed by atoms with Gasteiger partial charge >= 0.3 is 0 Å². The van der Waals surface area contributed by atoms with Gasteiger partial charge in [0, 0.05) is 51.1 Å². The number of amides is 2. The molecule has 0 spiro atoms. The maximum absolute atomic E-state index is 12.5. The van der Waals surface area contributed by atoms with Gasteiger partial charge in [-0.2, -0.15) is 0 Å². The van der Waals surface area contributed by atoms with E-state index in [1.807, 2.05) is 11.0 Å². The number of carbonyl (C=O) groups is 2. The molecule has 3 rings (SSSR count). The topological polar surface area (TPSA) is 52.7 Å². The van der Waals surface area contributed by atoms with Crippen molar-refractivity contribution in [1.82, 2.24) is 15.1 Å². The molecule has 2 fully saturated rings. The zero-order valence-electron chi connectivity index (χ0n) is 15.3. The van der Waals surface area contributed by atoms with Crippen molar-refractivity contribution >= 4 is 11.8 Å². The van der Waals surface area contributed by atoms with E-state index in [1.165, 1.54) is 5.56 Å². The first-order valence-corrected chi connectivity index (χ1v) is 9.38. The molecule has 1 N–H and O–H groups in total. The van der Waals surface area contributed by atoms with Gasteiger partial charge in [-0.15, -0.1) is 0 Å². The van der Waals surface area contributed by atoms with Gasteiger partial charge in [0.05, 0.1) is 0 Å². The van der Waals surface area contributed by atoms with Crippen molar-refractivity contribution in [2.75, 3.05) is 26.2 Å². The second kappa shape index (κ2) is 8.00. The molecule has 1 aliphatic carbocycles. The molecule has 1 aliphatic heterocycles. The molecule has 2 aliphatic rings. The molecule has 25 heavy (non-hydrogen) atoms. The molecule has 136 valence electrons. The fourth-order valence-corrected chi connectivity index (χ4v) is 3.64. The predicted molar refractivity (Wildman–Crippen MR) is 97.8 cm³/mol. The van der Waals surface area contributed by atoms with Crippen molar-refractivity contribution in [1.29, 1.82) is 0 Å². The lowest BCUT2D eigenvalue weighted by molar-refractivity contribution is -0.135. The molecule has 3 atom stereocenters. The molecule has 1 saturated carbocycles. The highest BCUT2D eigenvalue weighted by Crippen LogP contribution is 2.37. The Morgan fingerprint density at radius 3 is 2.52 bits per heavy atom. The Morgan fingerprint density at radius 2 is 1.88 bits per heavy atom. The van der Waals surface area contributed by atoms with E-state index in [2.05, 4.69) is 48.3 Å². The van der Waals surface area contributed by atoms with E-state index in [4.69, 9.17) is 0 Å². The number of nitrogens with one attached hydrogen (secondary N) is 1. The quantitative estimate of drug-likeness (QED) is 0.858. The van der Waals surface area contributed by atoms with Gasteiger partial charge in [0.1, 0.15) is 0 Å². The lowest BCUT2D eigenvalue weighted by Gasteiger charge is -2.40. The smallest absolute Gasteiger partial charge is 0.224 e. The summed E-state index contributed by atoms with van der Waals surface area (Å²) in [6.07, 6.45) is 1.38. The fourth-order valence-electron chi connectivity index (χ4n) is 3.64. The summed E-state index contributed by atoms with van der Waals surface area (Å²) in [7, 11) is 0. The summed E-state index contributed by atoms with van der Waals surface area (Å²) in [4.78, 5) is 28.6. The number of piperazine rings is 1. The fraction of sp³-hybridized carbons (Fsp3) is 0.600. The maximum atomic E-state index is 12.5. The molecule has 1 aromatic carbocycles. The van der Waals surface area contributed by atoms with Crippen LogP contribution in [0.3, 0.4) is 0 Å². The van der Waals surface area contributed by atoms with E-state index < -0.39 is 0 Å². The highest BCUT2D eigenvalue weighted by molar-refractivity contribution is 5.82. The van der Waals surface area contributed by atoms with Crippen LogP contribution in [0.4, 0.5) is 0 Å². The molecule has 5 heteroatoms. The van der Waals surface area contributed by atoms with E-state index in [9.17, 15) is 9.59 Å². The van der Waals surface area contributed by atoms with Crippen molar-refractivity contribution < 1.29 is 9.59 Å². The lowest BCUT2D eigenvalue weighted by Crippen LogP contribution is -2.54. The first kappa shape index (κ1) is 17.9. The molecule has 0 bridgehead atoms. The molecular formula is C20H29N3O2. The Morgan fingerprint density at radius 1 is 1.16 bits per heavy atom. The normalized spacial score (nSPS) is 26.3. The molecule has 0 radical (unpaired) electrons. The molecule has 5 nitrogen and oxygen atoms in total. The molecule has 1 saturated heterocycles. The van der Waals surface area contributed by atoms with Crippen LogP contribution >= 0.6 is 0 Å². The van der Waals surface area contributed by atoms with E-state index in [1.54, 1.807) is 0 Å². The Kier molecular flexibility index (Phi) is 5.74. The van der Waals surface area contributed by atoms with Crippen LogP contribution in [0.2, 0.25) is 0 Å². The first-order valence-electron chi connectivity index (χ1n) is 9.38. The molecular weight excluding hydrogens is 314 g/mol. The van der Waals surface area contributed by atoms with E-state index in [0.717, 1.165) is 32.6 Å². The van der Waals surface area contributed by atoms with E-state index >= 15 is 0 Å². The Labute approximate surface area is 150 Å². The summed E-state index contributed by atoms with van der Waals surface area (Å²) in [6.45, 7) is 8.15. The van der Waals surface area contributed by atoms with Gasteiger partial charge in [0.25, 0.3) is 0 Å². The third kappa shape index (κ3) is 4.82. The van der Waals surface area contributed by atoms with Gasteiger partial charge in [0.2, 0.25) is 11.8 Å². The van der Waals surface area contributed by atoms with Crippen LogP contribution in [0.1, 0.15) is 32.3 Å². The molecule has 0 aromatic heterocycles. The van der Waals surface area contributed by atoms with Crippen LogP contribution in [-0.2, 0) is 16.1 Å². The number of benzene rings is 1. The molecule has 1 aromatic rings. The summed E-state index contributed by atoms with van der Waals surface area (Å²) in [5, 5.41) is 2.90. The van der Waals surface area contributed by atoms with Crippen molar-refractivity contribution in [3.8, 4) is 0 Å². The summed E-state index contributed by atoms with van der Waals surface area (Å²) in [5.41, 5.74) is 1.31. The highest BCUT2D eigenvalue weighted by Gasteiger charge is 2.38. The first-order chi connectivity index (χ1) is 12.0. The second-order valence-corrected chi connectivity index (χ2v) is 7.52. The van der Waals surface area contributed by atoms with Crippen molar-refractivity contribution in [2.24, 2.45) is 11.8 Å². The highest BCUT2D eigenvalue weighted by atomic mass is 16.2. The van der Waals surface area contributed by atoms with Crippen LogP contribution in [0, 0.1) is 11.8 Å². The zero-order valence-corrected chi connectivity index (χ0v) is 15.3. The van der Waals surface area contributed by atoms with Crippen molar-refractivity contribution in [2.45, 2.75) is 39.3 Å². The summed E-state index contributed by atoms with van der Waals surface area (Å²) >= 11 is 0. The number of hydrogen-bond donors (Lipinski definition) is 1. The number of rotatable bonds is 6. The van der Waals surface area contributed by atoms with Crippen LogP contribution < -0.4 is 5.32 Å². The molecule has 0 unspecified atom stereocenters. The van der Waals surface area contributed by atoms with E-state index in [-0.39, 0.29) is 23.8 Å². The SMILES string of the molecule is C[C@@H]1C[C@@H]1C(=O)NCCC(=O)N1CCN(Cc2ccccc2)C[C@@H]1C. The summed E-state index contributed by atoms with van der Waals surface area (Å²) < 4.78 is 0. The van der Waals surface area contributed by atoms with Crippen LogP contribution in [-0.4, -0.2) is 53.8 Å². The van der Waals surface area contributed by atoms with Gasteiger partial charge < -0.3 is 10.2 Å². The Balaban J connectivity index is 1.40. The molecule has 1 heterocycles. The Bertz CT molecular complexity index is 604. The minimum Gasteiger partial charge on any atom is -0.355 e. The van der Waals surface area contributed by atoms with Crippen LogP contribution in [0.15, 0.2) is 30.3 Å². The lowest BCUT2D eigenvalue weighted by atomic mass is 10.1. The second-order valence-electron chi connectivity index (χ2n) is 7.52. The maximum Gasteiger partial charge on any atom is 0.224 e. The summed E-state index contributed by atoms with van der Waals surface area (Å²) in [6, 6.07) is 10.7. The van der Waals surface area contributed by atoms with Gasteiger partial charge in [-0.3, -0.25) is 14.5 Å². The molecule has 2 amide bonds. The van der Waals surface area contributed by atoms with Crippen molar-refractivity contribution in [3.05, 3.63) is 35.9 Å². The largest absolute Gasteiger partial charge is 0.355 e. The van der Waals surface area contributed by atoms with Gasteiger partial charge in [-0.25, -0.2) is 0 Å². The monoisotopic (exact) mass is 343 g/mol. The number of nitrogens with zero attached hydrogens (tertiary/aromatic N) is 2. The van der Waals surface area contributed by atoms with Gasteiger partial charge in [-0.05, 0) is 24.8 Å². The van der Waals surface area contributed by atoms with Crippen LogP contribution in [0.25, 0.3) is 0 Å². The third-order valence-electron chi connectivity index (χ3n) is 5.37. The standard InChI is InChI=1S/C20H29N3O2/c1-15-12-18(15)20(25)21-9-8-19(24)23-11-10-22(13-16(23)2)14-17-6-4-3-5-7-17/h3-7,15-16,18H,8-14H2,1-2H3,(H,21,25)/t15-,16+,18+/m1/s1. The Hall–Kier alpha value is -1.88. The third-order valence-corrected chi connectivity index (χ3v) is 5.37. The van der Waals surface area contributed by atoms with Gasteiger partial charge in [-0.1, -0.05) is 37.3 Å². The zero-order chi connectivity index (χ0) is 17.8. The van der Waals surface area contributed by atoms with E-state index in [0.29, 0.717) is 18.9 Å². The minimum atomic E-state index is 0.112. The van der Waals surface area contributed by atoms with Gasteiger partial charge in [0.15, 0.2) is 0 Å². The predicted octanol–water partition coefficient (Wildman–Crippen LogP) is 1.88. The minimum absolute atomic E-state index is 0.112. The van der Waals surface area contributed by atoms with Crippen molar-refractivity contribution in [3.63, 3.8) is 0 Å².